The van der Waals surface area contributed by atoms with Crippen LogP contribution < -0.4 is 5.32 Å². The van der Waals surface area contributed by atoms with Gasteiger partial charge in [0.25, 0.3) is 0 Å². The summed E-state index contributed by atoms with van der Waals surface area (Å²) in [5.41, 5.74) is 0.615. The Hall–Kier alpha value is -0.0800. The Bertz CT molecular complexity index is 197. The van der Waals surface area contributed by atoms with Gasteiger partial charge in [-0.1, -0.05) is 26.2 Å². The van der Waals surface area contributed by atoms with E-state index in [1.165, 1.54) is 58.3 Å². The zero-order valence-electron chi connectivity index (χ0n) is 10.4. The molecule has 1 saturated heterocycles. The molecule has 1 N–H and O–H groups in total. The predicted molar refractivity (Wildman–Crippen MR) is 65.1 cm³/mol. The Balaban J connectivity index is 1.88. The molecule has 88 valence electrons. The van der Waals surface area contributed by atoms with Crippen molar-refractivity contribution in [2.75, 3.05) is 26.2 Å². The second-order valence-corrected chi connectivity index (χ2v) is 5.89. The van der Waals surface area contributed by atoms with Gasteiger partial charge < -0.3 is 5.32 Å². The van der Waals surface area contributed by atoms with Crippen molar-refractivity contribution in [1.29, 1.82) is 0 Å². The van der Waals surface area contributed by atoms with Crippen LogP contribution in [-0.4, -0.2) is 37.1 Å². The Morgan fingerprint density at radius 2 is 2.00 bits per heavy atom. The van der Waals surface area contributed by atoms with E-state index in [1.807, 2.05) is 0 Å². The highest BCUT2D eigenvalue weighted by Crippen LogP contribution is 2.36. The van der Waals surface area contributed by atoms with E-state index in [0.29, 0.717) is 5.41 Å². The minimum atomic E-state index is 0.615. The van der Waals surface area contributed by atoms with E-state index in [-0.39, 0.29) is 0 Å². The lowest BCUT2D eigenvalue weighted by molar-refractivity contribution is 0.0801. The molecule has 1 unspecified atom stereocenters. The van der Waals surface area contributed by atoms with Crippen molar-refractivity contribution in [3.8, 4) is 0 Å². The van der Waals surface area contributed by atoms with Crippen molar-refractivity contribution < 1.29 is 0 Å². The zero-order valence-corrected chi connectivity index (χ0v) is 10.4. The summed E-state index contributed by atoms with van der Waals surface area (Å²) >= 11 is 0. The average Bonchev–Trinajstić information content (AvgIpc) is 2.22. The fourth-order valence-corrected chi connectivity index (χ4v) is 3.17. The zero-order chi connectivity index (χ0) is 10.7. The smallest absolute Gasteiger partial charge is 0.0193 e. The van der Waals surface area contributed by atoms with Crippen molar-refractivity contribution in [3.63, 3.8) is 0 Å². The molecule has 2 aliphatic rings. The number of nitrogens with one attached hydrogen (secondary N) is 1. The predicted octanol–water partition coefficient (Wildman–Crippen LogP) is 2.25. The fraction of sp³-hybridized carbons (Fsp3) is 1.00. The molecule has 1 aliphatic carbocycles. The van der Waals surface area contributed by atoms with Crippen LogP contribution in [0.15, 0.2) is 0 Å². The third-order valence-corrected chi connectivity index (χ3v) is 4.28. The molecule has 2 rings (SSSR count). The molecule has 0 aromatic carbocycles. The average molecular weight is 210 g/mol. The lowest BCUT2D eigenvalue weighted by Crippen LogP contribution is -2.53. The van der Waals surface area contributed by atoms with E-state index in [9.17, 15) is 0 Å². The largest absolute Gasteiger partial charge is 0.314 e. The summed E-state index contributed by atoms with van der Waals surface area (Å²) in [6.45, 7) is 9.79. The van der Waals surface area contributed by atoms with Crippen LogP contribution in [0.2, 0.25) is 0 Å². The van der Waals surface area contributed by atoms with Crippen LogP contribution in [0, 0.1) is 5.41 Å². The van der Waals surface area contributed by atoms with Gasteiger partial charge in [-0.25, -0.2) is 0 Å². The van der Waals surface area contributed by atoms with E-state index in [4.69, 9.17) is 0 Å². The molecule has 0 bridgehead atoms. The quantitative estimate of drug-likeness (QED) is 0.752. The summed E-state index contributed by atoms with van der Waals surface area (Å²) in [5.74, 6) is 0. The van der Waals surface area contributed by atoms with Gasteiger partial charge in [-0.05, 0) is 25.2 Å². The van der Waals surface area contributed by atoms with Gasteiger partial charge in [0.1, 0.15) is 0 Å². The molecular formula is C13H26N2. The van der Waals surface area contributed by atoms with Crippen molar-refractivity contribution in [3.05, 3.63) is 0 Å². The third-order valence-electron chi connectivity index (χ3n) is 4.28. The molecule has 0 amide bonds. The van der Waals surface area contributed by atoms with Gasteiger partial charge in [0.2, 0.25) is 0 Å². The minimum Gasteiger partial charge on any atom is -0.314 e. The Kier molecular flexibility index (Phi) is 3.68. The second-order valence-electron chi connectivity index (χ2n) is 5.89. The first kappa shape index (κ1) is 11.4. The minimum absolute atomic E-state index is 0.615. The van der Waals surface area contributed by atoms with Gasteiger partial charge in [0.05, 0.1) is 0 Å². The summed E-state index contributed by atoms with van der Waals surface area (Å²) < 4.78 is 0. The van der Waals surface area contributed by atoms with Crippen LogP contribution in [-0.2, 0) is 0 Å². The topological polar surface area (TPSA) is 15.3 Å². The van der Waals surface area contributed by atoms with E-state index in [2.05, 4.69) is 24.1 Å². The molecule has 15 heavy (non-hydrogen) atoms. The van der Waals surface area contributed by atoms with Gasteiger partial charge in [-0.2, -0.15) is 0 Å². The van der Waals surface area contributed by atoms with Crippen molar-refractivity contribution in [2.45, 2.75) is 52.0 Å². The molecule has 0 aromatic rings. The maximum absolute atomic E-state index is 3.47. The van der Waals surface area contributed by atoms with Gasteiger partial charge in [-0.15, -0.1) is 0 Å². The van der Waals surface area contributed by atoms with Crippen LogP contribution in [0.3, 0.4) is 0 Å². The lowest BCUT2D eigenvalue weighted by atomic mass is 9.75. The van der Waals surface area contributed by atoms with Gasteiger partial charge >= 0.3 is 0 Å². The standard InChI is InChI=1S/C13H26N2/c1-12-10-14-8-9-15(12)11-13(2)6-4-3-5-7-13/h12,14H,3-11H2,1-2H3. The molecule has 1 saturated carbocycles. The SMILES string of the molecule is CC1CNCCN1CC1(C)CCCCC1. The number of piperazine rings is 1. The highest BCUT2D eigenvalue weighted by atomic mass is 15.2. The van der Waals surface area contributed by atoms with Crippen molar-refractivity contribution in [1.82, 2.24) is 10.2 Å². The van der Waals surface area contributed by atoms with Crippen molar-refractivity contribution in [2.24, 2.45) is 5.41 Å². The summed E-state index contributed by atoms with van der Waals surface area (Å²) in [6.07, 6.45) is 7.27. The van der Waals surface area contributed by atoms with Crippen molar-refractivity contribution >= 4 is 0 Å². The van der Waals surface area contributed by atoms with Crippen LogP contribution in [0.25, 0.3) is 0 Å². The second kappa shape index (κ2) is 4.84. The van der Waals surface area contributed by atoms with Crippen LogP contribution in [0.4, 0.5) is 0 Å². The number of rotatable bonds is 2. The maximum Gasteiger partial charge on any atom is 0.0193 e. The summed E-state index contributed by atoms with van der Waals surface area (Å²) in [4.78, 5) is 2.70. The Labute approximate surface area is 94.4 Å². The number of nitrogens with zero attached hydrogens (tertiary/aromatic N) is 1. The highest BCUT2D eigenvalue weighted by Gasteiger charge is 2.31. The first-order valence-corrected chi connectivity index (χ1v) is 6.64. The number of hydrogen-bond acceptors (Lipinski definition) is 2. The first-order valence-electron chi connectivity index (χ1n) is 6.64. The van der Waals surface area contributed by atoms with E-state index in [1.54, 1.807) is 0 Å². The van der Waals surface area contributed by atoms with Crippen LogP contribution in [0.5, 0.6) is 0 Å². The fourth-order valence-electron chi connectivity index (χ4n) is 3.17. The van der Waals surface area contributed by atoms with Gasteiger partial charge in [0, 0.05) is 32.2 Å². The first-order chi connectivity index (χ1) is 7.20. The molecule has 1 heterocycles. The van der Waals surface area contributed by atoms with E-state index < -0.39 is 0 Å². The molecule has 2 fully saturated rings. The Morgan fingerprint density at radius 3 is 2.67 bits per heavy atom. The molecule has 1 atom stereocenters. The number of hydrogen-bond donors (Lipinski definition) is 1. The molecule has 2 nitrogen and oxygen atoms in total. The third kappa shape index (κ3) is 2.94. The summed E-state index contributed by atoms with van der Waals surface area (Å²) in [7, 11) is 0. The Morgan fingerprint density at radius 1 is 1.27 bits per heavy atom. The monoisotopic (exact) mass is 210 g/mol. The van der Waals surface area contributed by atoms with E-state index >= 15 is 0 Å². The van der Waals surface area contributed by atoms with E-state index in [0.717, 1.165) is 6.04 Å². The summed E-state index contributed by atoms with van der Waals surface area (Å²) in [5, 5.41) is 3.47. The summed E-state index contributed by atoms with van der Waals surface area (Å²) in [6, 6.07) is 0.734. The van der Waals surface area contributed by atoms with Crippen LogP contribution >= 0.6 is 0 Å². The van der Waals surface area contributed by atoms with Crippen LogP contribution in [0.1, 0.15) is 46.0 Å². The van der Waals surface area contributed by atoms with Gasteiger partial charge in [-0.3, -0.25) is 4.90 Å². The molecular weight excluding hydrogens is 184 g/mol. The lowest BCUT2D eigenvalue weighted by Gasteiger charge is -2.42. The highest BCUT2D eigenvalue weighted by molar-refractivity contribution is 4.86. The molecule has 1 aliphatic heterocycles. The maximum atomic E-state index is 3.47. The molecule has 2 heteroatoms. The molecule has 0 spiro atoms. The normalized spacial score (nSPS) is 32.8. The molecule has 0 radical (unpaired) electrons. The molecule has 0 aromatic heterocycles. The van der Waals surface area contributed by atoms with Gasteiger partial charge in [0.15, 0.2) is 0 Å².